The molecule has 1 unspecified atom stereocenters. The van der Waals surface area contributed by atoms with Gasteiger partial charge in [0.1, 0.15) is 0 Å². The summed E-state index contributed by atoms with van der Waals surface area (Å²) < 4.78 is 28.5. The minimum absolute atomic E-state index is 0.230. The van der Waals surface area contributed by atoms with Crippen LogP contribution in [-0.4, -0.2) is 55.5 Å². The van der Waals surface area contributed by atoms with Crippen LogP contribution in [0.4, 0.5) is 10.5 Å². The van der Waals surface area contributed by atoms with Crippen molar-refractivity contribution in [1.82, 2.24) is 9.88 Å². The lowest BCUT2D eigenvalue weighted by Crippen LogP contribution is -2.34. The van der Waals surface area contributed by atoms with E-state index >= 15 is 0 Å². The summed E-state index contributed by atoms with van der Waals surface area (Å²) in [5.41, 5.74) is 0.551. The zero-order valence-electron chi connectivity index (χ0n) is 13.7. The second-order valence-electron chi connectivity index (χ2n) is 6.21. The van der Waals surface area contributed by atoms with Gasteiger partial charge in [-0.25, -0.2) is 18.2 Å². The molecule has 8 heteroatoms. The molecule has 2 heterocycles. The standard InChI is InChI=1S/C15H23N3O4S/c1-11(2)10-22-14-5-4-12(8-16-14)17-15(19)18-7-6-13(9-18)23(3,20)21/h4-5,8,11,13H,6-7,9-10H2,1-3H3,(H,17,19). The number of nitrogens with zero attached hydrogens (tertiary/aromatic N) is 2. The van der Waals surface area contributed by atoms with E-state index in [2.05, 4.69) is 24.1 Å². The van der Waals surface area contributed by atoms with Gasteiger partial charge < -0.3 is 15.0 Å². The highest BCUT2D eigenvalue weighted by Crippen LogP contribution is 2.18. The molecule has 1 aromatic rings. The third-order valence-electron chi connectivity index (χ3n) is 3.59. The lowest BCUT2D eigenvalue weighted by molar-refractivity contribution is 0.222. The molecule has 2 amide bonds. The second kappa shape index (κ2) is 7.16. The third kappa shape index (κ3) is 5.09. The molecule has 0 saturated carbocycles. The molecular formula is C15H23N3O4S. The van der Waals surface area contributed by atoms with Crippen molar-refractivity contribution < 1.29 is 17.9 Å². The molecule has 1 aliphatic rings. The molecule has 1 fully saturated rings. The van der Waals surface area contributed by atoms with Gasteiger partial charge >= 0.3 is 6.03 Å². The monoisotopic (exact) mass is 341 g/mol. The fourth-order valence-corrected chi connectivity index (χ4v) is 3.24. The number of carbonyl (C=O) groups excluding carboxylic acids is 1. The van der Waals surface area contributed by atoms with E-state index in [9.17, 15) is 13.2 Å². The number of aromatic nitrogens is 1. The number of sulfone groups is 1. The van der Waals surface area contributed by atoms with Crippen molar-refractivity contribution in [3.8, 4) is 5.88 Å². The molecule has 2 rings (SSSR count). The van der Waals surface area contributed by atoms with Crippen molar-refractivity contribution in [3.05, 3.63) is 18.3 Å². The lowest BCUT2D eigenvalue weighted by Gasteiger charge is -2.17. The van der Waals surface area contributed by atoms with Crippen LogP contribution in [0.25, 0.3) is 0 Å². The van der Waals surface area contributed by atoms with Gasteiger partial charge in [0, 0.05) is 25.4 Å². The minimum atomic E-state index is -3.11. The van der Waals surface area contributed by atoms with Crippen LogP contribution in [0.1, 0.15) is 20.3 Å². The molecule has 0 aromatic carbocycles. The fraction of sp³-hybridized carbons (Fsp3) is 0.600. The Morgan fingerprint density at radius 1 is 1.48 bits per heavy atom. The van der Waals surface area contributed by atoms with Gasteiger partial charge in [0.2, 0.25) is 5.88 Å². The third-order valence-corrected chi connectivity index (χ3v) is 5.19. The van der Waals surface area contributed by atoms with Gasteiger partial charge in [0.25, 0.3) is 0 Å². The normalized spacial score (nSPS) is 18.3. The highest BCUT2D eigenvalue weighted by Gasteiger charge is 2.32. The Morgan fingerprint density at radius 3 is 2.74 bits per heavy atom. The number of hydrogen-bond donors (Lipinski definition) is 1. The van der Waals surface area contributed by atoms with E-state index in [1.165, 1.54) is 17.4 Å². The first-order valence-corrected chi connectivity index (χ1v) is 9.55. The molecule has 0 bridgehead atoms. The number of ether oxygens (including phenoxy) is 1. The molecule has 1 aliphatic heterocycles. The maximum Gasteiger partial charge on any atom is 0.321 e. The molecule has 1 saturated heterocycles. The summed E-state index contributed by atoms with van der Waals surface area (Å²) in [6.07, 6.45) is 3.21. The van der Waals surface area contributed by atoms with E-state index in [-0.39, 0.29) is 12.6 Å². The summed E-state index contributed by atoms with van der Waals surface area (Å²) in [5.74, 6) is 0.921. The van der Waals surface area contributed by atoms with Crippen LogP contribution in [0.15, 0.2) is 18.3 Å². The summed E-state index contributed by atoms with van der Waals surface area (Å²) in [5, 5.41) is 2.25. The second-order valence-corrected chi connectivity index (χ2v) is 8.53. The molecular weight excluding hydrogens is 318 g/mol. The highest BCUT2D eigenvalue weighted by atomic mass is 32.2. The summed E-state index contributed by atoms with van der Waals surface area (Å²) >= 11 is 0. The Balaban J connectivity index is 1.88. The van der Waals surface area contributed by atoms with Gasteiger partial charge in [-0.2, -0.15) is 0 Å². The summed E-state index contributed by atoms with van der Waals surface area (Å²) in [6.45, 7) is 5.35. The van der Waals surface area contributed by atoms with Crippen LogP contribution in [0.3, 0.4) is 0 Å². The Labute approximate surface area is 137 Å². The van der Waals surface area contributed by atoms with E-state index in [1.54, 1.807) is 12.1 Å². The zero-order chi connectivity index (χ0) is 17.0. The SMILES string of the molecule is CC(C)COc1ccc(NC(=O)N2CCC(S(C)(=O)=O)C2)cn1. The topological polar surface area (TPSA) is 88.6 Å². The van der Waals surface area contributed by atoms with Crippen LogP contribution >= 0.6 is 0 Å². The van der Waals surface area contributed by atoms with E-state index in [0.29, 0.717) is 37.1 Å². The van der Waals surface area contributed by atoms with Gasteiger partial charge in [-0.15, -0.1) is 0 Å². The number of urea groups is 1. The largest absolute Gasteiger partial charge is 0.477 e. The number of pyridine rings is 1. The number of nitrogens with one attached hydrogen (secondary N) is 1. The highest BCUT2D eigenvalue weighted by molar-refractivity contribution is 7.91. The minimum Gasteiger partial charge on any atom is -0.477 e. The summed E-state index contributed by atoms with van der Waals surface area (Å²) in [4.78, 5) is 17.8. The molecule has 1 aromatic heterocycles. The quantitative estimate of drug-likeness (QED) is 0.882. The Kier molecular flexibility index (Phi) is 5.46. The first kappa shape index (κ1) is 17.5. The zero-order valence-corrected chi connectivity index (χ0v) is 14.5. The van der Waals surface area contributed by atoms with Crippen molar-refractivity contribution in [2.75, 3.05) is 31.3 Å². The van der Waals surface area contributed by atoms with Gasteiger partial charge in [0.05, 0.1) is 23.7 Å². The predicted octanol–water partition coefficient (Wildman–Crippen LogP) is 1.77. The lowest BCUT2D eigenvalue weighted by atomic mass is 10.2. The number of amides is 2. The smallest absolute Gasteiger partial charge is 0.321 e. The van der Waals surface area contributed by atoms with Crippen molar-refractivity contribution in [1.29, 1.82) is 0 Å². The average molecular weight is 341 g/mol. The van der Waals surface area contributed by atoms with Gasteiger partial charge in [-0.1, -0.05) is 13.8 Å². The van der Waals surface area contributed by atoms with Crippen molar-refractivity contribution in [2.45, 2.75) is 25.5 Å². The van der Waals surface area contributed by atoms with Crippen LogP contribution in [0.5, 0.6) is 5.88 Å². The van der Waals surface area contributed by atoms with E-state index in [0.717, 1.165) is 0 Å². The Hall–Kier alpha value is -1.83. The number of anilines is 1. The summed E-state index contributed by atoms with van der Waals surface area (Å²) in [6, 6.07) is 3.10. The molecule has 0 radical (unpaired) electrons. The molecule has 1 atom stereocenters. The molecule has 1 N–H and O–H groups in total. The Morgan fingerprint density at radius 2 is 2.22 bits per heavy atom. The van der Waals surface area contributed by atoms with E-state index in [1.807, 2.05) is 0 Å². The van der Waals surface area contributed by atoms with Crippen LogP contribution < -0.4 is 10.1 Å². The summed E-state index contributed by atoms with van der Waals surface area (Å²) in [7, 11) is -3.11. The van der Waals surface area contributed by atoms with Gasteiger partial charge in [0.15, 0.2) is 9.84 Å². The average Bonchev–Trinajstić information content (AvgIpc) is 2.96. The van der Waals surface area contributed by atoms with Crippen LogP contribution in [0.2, 0.25) is 0 Å². The maximum atomic E-state index is 12.1. The van der Waals surface area contributed by atoms with Crippen molar-refractivity contribution in [3.63, 3.8) is 0 Å². The molecule has 23 heavy (non-hydrogen) atoms. The molecule has 0 aliphatic carbocycles. The number of carbonyl (C=O) groups is 1. The number of hydrogen-bond acceptors (Lipinski definition) is 5. The van der Waals surface area contributed by atoms with E-state index in [4.69, 9.17) is 4.74 Å². The fourth-order valence-electron chi connectivity index (χ4n) is 2.26. The van der Waals surface area contributed by atoms with E-state index < -0.39 is 15.1 Å². The van der Waals surface area contributed by atoms with Gasteiger partial charge in [-0.05, 0) is 18.4 Å². The first-order chi connectivity index (χ1) is 10.8. The Bertz CT molecular complexity index is 643. The number of rotatable bonds is 5. The van der Waals surface area contributed by atoms with Crippen molar-refractivity contribution in [2.24, 2.45) is 5.92 Å². The predicted molar refractivity (Wildman–Crippen MR) is 88.4 cm³/mol. The van der Waals surface area contributed by atoms with Crippen molar-refractivity contribution >= 4 is 21.6 Å². The number of likely N-dealkylation sites (tertiary alicyclic amines) is 1. The van der Waals surface area contributed by atoms with Gasteiger partial charge in [-0.3, -0.25) is 0 Å². The molecule has 128 valence electrons. The first-order valence-electron chi connectivity index (χ1n) is 7.59. The van der Waals surface area contributed by atoms with Crippen LogP contribution in [0, 0.1) is 5.92 Å². The van der Waals surface area contributed by atoms with Crippen LogP contribution in [-0.2, 0) is 9.84 Å². The maximum absolute atomic E-state index is 12.1. The molecule has 0 spiro atoms. The molecule has 7 nitrogen and oxygen atoms in total.